The molecule has 0 saturated heterocycles. The summed E-state index contributed by atoms with van der Waals surface area (Å²) in [5.41, 5.74) is 3.95. The van der Waals surface area contributed by atoms with E-state index in [1.54, 1.807) is 60.2 Å². The quantitative estimate of drug-likeness (QED) is 0.383. The zero-order valence-corrected chi connectivity index (χ0v) is 17.9. The highest BCUT2D eigenvalue weighted by Gasteiger charge is 2.17. The number of amides is 1. The molecule has 3 heterocycles. The number of hydrogen-bond acceptors (Lipinski definition) is 6. The number of carbonyl (C=O) groups is 1. The Balaban J connectivity index is 1.47. The predicted octanol–water partition coefficient (Wildman–Crippen LogP) is 2.93. The molecule has 34 heavy (non-hydrogen) atoms. The number of aromatic amines is 2. The van der Waals surface area contributed by atoms with Gasteiger partial charge in [-0.15, -0.1) is 0 Å². The Kier molecular flexibility index (Phi) is 4.92. The summed E-state index contributed by atoms with van der Waals surface area (Å²) >= 11 is 0. The van der Waals surface area contributed by atoms with Gasteiger partial charge in [0.05, 0.1) is 29.7 Å². The molecule has 5 rings (SSSR count). The molecule has 0 atom stereocenters. The highest BCUT2D eigenvalue weighted by Crippen LogP contribution is 2.28. The van der Waals surface area contributed by atoms with E-state index in [1.807, 2.05) is 12.1 Å². The average Bonchev–Trinajstić information content (AvgIpc) is 3.45. The second-order valence-electron chi connectivity index (χ2n) is 7.55. The summed E-state index contributed by atoms with van der Waals surface area (Å²) in [6.45, 7) is 0. The summed E-state index contributed by atoms with van der Waals surface area (Å²) in [5.74, 6) is -0.540. The van der Waals surface area contributed by atoms with Gasteiger partial charge in [0.2, 0.25) is 5.88 Å². The standard InChI is InChI=1S/C24H17N7O3/c1-30(17-8-2-14(10-25)3-9-17)23(33)18-13-31-19(11-27-20(31)12-26-18)15-4-6-16(7-5-15)21-22(32)29-24(34)28-21/h2-9,11-13,32H,1H3,(H2,28,29,34). The number of nitriles is 1. The number of rotatable bonds is 4. The van der Waals surface area contributed by atoms with Crippen LogP contribution in [0.4, 0.5) is 5.69 Å². The van der Waals surface area contributed by atoms with E-state index >= 15 is 0 Å². The van der Waals surface area contributed by atoms with Crippen molar-refractivity contribution in [1.82, 2.24) is 24.3 Å². The lowest BCUT2D eigenvalue weighted by Gasteiger charge is -2.17. The van der Waals surface area contributed by atoms with Crippen LogP contribution in [-0.2, 0) is 0 Å². The Morgan fingerprint density at radius 1 is 1.03 bits per heavy atom. The van der Waals surface area contributed by atoms with Crippen molar-refractivity contribution in [2.45, 2.75) is 0 Å². The molecule has 1 amide bonds. The highest BCUT2D eigenvalue weighted by molar-refractivity contribution is 6.04. The van der Waals surface area contributed by atoms with E-state index in [0.717, 1.165) is 11.3 Å². The number of carbonyl (C=O) groups excluding carboxylic acids is 1. The first-order valence-electron chi connectivity index (χ1n) is 10.2. The summed E-state index contributed by atoms with van der Waals surface area (Å²) in [6, 6.07) is 15.9. The number of fused-ring (bicyclic) bond motifs is 1. The number of H-pyrrole nitrogens is 2. The van der Waals surface area contributed by atoms with E-state index in [-0.39, 0.29) is 17.5 Å². The van der Waals surface area contributed by atoms with Crippen molar-refractivity contribution in [1.29, 1.82) is 5.26 Å². The summed E-state index contributed by atoms with van der Waals surface area (Å²) < 4.78 is 1.78. The molecule has 2 aromatic carbocycles. The minimum Gasteiger partial charge on any atom is -0.493 e. The fraction of sp³-hybridized carbons (Fsp3) is 0.0417. The summed E-state index contributed by atoms with van der Waals surface area (Å²) in [4.78, 5) is 39.4. The number of benzene rings is 2. The van der Waals surface area contributed by atoms with Gasteiger partial charge in [-0.1, -0.05) is 24.3 Å². The molecule has 0 bridgehead atoms. The van der Waals surface area contributed by atoms with E-state index in [0.29, 0.717) is 28.2 Å². The third-order valence-electron chi connectivity index (χ3n) is 5.48. The van der Waals surface area contributed by atoms with Crippen molar-refractivity contribution in [3.63, 3.8) is 0 Å². The smallest absolute Gasteiger partial charge is 0.326 e. The molecule has 0 aliphatic heterocycles. The van der Waals surface area contributed by atoms with Gasteiger partial charge in [-0.3, -0.25) is 14.2 Å². The van der Waals surface area contributed by atoms with Gasteiger partial charge in [-0.25, -0.2) is 14.8 Å². The Morgan fingerprint density at radius 2 is 1.74 bits per heavy atom. The number of nitrogens with zero attached hydrogens (tertiary/aromatic N) is 5. The lowest BCUT2D eigenvalue weighted by atomic mass is 10.1. The van der Waals surface area contributed by atoms with Crippen LogP contribution in [0.5, 0.6) is 5.88 Å². The van der Waals surface area contributed by atoms with E-state index in [2.05, 4.69) is 26.0 Å². The third kappa shape index (κ3) is 3.57. The topological polar surface area (TPSA) is 143 Å². The maximum atomic E-state index is 13.1. The summed E-state index contributed by atoms with van der Waals surface area (Å²) in [7, 11) is 1.64. The van der Waals surface area contributed by atoms with Gasteiger partial charge in [-0.2, -0.15) is 5.26 Å². The molecule has 3 aromatic heterocycles. The zero-order valence-electron chi connectivity index (χ0n) is 17.9. The number of aromatic nitrogens is 5. The van der Waals surface area contributed by atoms with Crippen LogP contribution in [0, 0.1) is 11.3 Å². The molecule has 0 aliphatic carbocycles. The predicted molar refractivity (Wildman–Crippen MR) is 124 cm³/mol. The SMILES string of the molecule is CN(C(=O)c1cn2c(-c3ccc(-c4[nH]c(=O)[nH]c4O)cc3)cnc2cn1)c1ccc(C#N)cc1. The van der Waals surface area contributed by atoms with E-state index in [9.17, 15) is 14.7 Å². The van der Waals surface area contributed by atoms with Crippen LogP contribution in [0.25, 0.3) is 28.2 Å². The Bertz CT molecular complexity index is 1620. The molecular formula is C24H17N7O3. The lowest BCUT2D eigenvalue weighted by molar-refractivity contribution is 0.0988. The van der Waals surface area contributed by atoms with Crippen LogP contribution in [0.2, 0.25) is 0 Å². The zero-order chi connectivity index (χ0) is 23.8. The normalized spacial score (nSPS) is 10.8. The van der Waals surface area contributed by atoms with Crippen molar-refractivity contribution in [3.8, 4) is 34.5 Å². The van der Waals surface area contributed by atoms with Gasteiger partial charge < -0.3 is 15.0 Å². The first-order valence-corrected chi connectivity index (χ1v) is 10.2. The Hall–Kier alpha value is -5.17. The minimum absolute atomic E-state index is 0.227. The first-order chi connectivity index (χ1) is 16.4. The van der Waals surface area contributed by atoms with Crippen molar-refractivity contribution < 1.29 is 9.90 Å². The van der Waals surface area contributed by atoms with Crippen LogP contribution in [0.3, 0.4) is 0 Å². The molecule has 5 aromatic rings. The molecule has 10 heteroatoms. The number of hydrogen-bond donors (Lipinski definition) is 3. The van der Waals surface area contributed by atoms with Crippen LogP contribution in [0.1, 0.15) is 16.1 Å². The number of aromatic hydroxyl groups is 1. The molecule has 10 nitrogen and oxygen atoms in total. The minimum atomic E-state index is -0.492. The van der Waals surface area contributed by atoms with Crippen molar-refractivity contribution in [2.75, 3.05) is 11.9 Å². The second kappa shape index (κ2) is 8.07. The summed E-state index contributed by atoms with van der Waals surface area (Å²) in [6.07, 6.45) is 4.84. The maximum absolute atomic E-state index is 13.1. The Morgan fingerprint density at radius 3 is 2.38 bits per heavy atom. The monoisotopic (exact) mass is 451 g/mol. The van der Waals surface area contributed by atoms with Gasteiger partial charge >= 0.3 is 5.69 Å². The largest absolute Gasteiger partial charge is 0.493 e. The van der Waals surface area contributed by atoms with E-state index in [4.69, 9.17) is 5.26 Å². The van der Waals surface area contributed by atoms with Crippen LogP contribution >= 0.6 is 0 Å². The van der Waals surface area contributed by atoms with Crippen molar-refractivity contribution >= 4 is 17.2 Å². The molecule has 166 valence electrons. The van der Waals surface area contributed by atoms with Gasteiger partial charge in [0.1, 0.15) is 11.4 Å². The van der Waals surface area contributed by atoms with Crippen LogP contribution in [-0.4, -0.2) is 42.4 Å². The molecule has 0 aliphatic rings. The van der Waals surface area contributed by atoms with Gasteiger partial charge in [0, 0.05) is 30.1 Å². The third-order valence-corrected chi connectivity index (χ3v) is 5.48. The summed E-state index contributed by atoms with van der Waals surface area (Å²) in [5, 5.41) is 18.8. The highest BCUT2D eigenvalue weighted by atomic mass is 16.3. The van der Waals surface area contributed by atoms with Gasteiger partial charge in [0.15, 0.2) is 5.65 Å². The molecule has 0 spiro atoms. The fourth-order valence-electron chi connectivity index (χ4n) is 3.65. The van der Waals surface area contributed by atoms with E-state index in [1.165, 1.54) is 11.1 Å². The average molecular weight is 451 g/mol. The van der Waals surface area contributed by atoms with Crippen LogP contribution in [0.15, 0.2) is 71.9 Å². The molecule has 0 radical (unpaired) electrons. The van der Waals surface area contributed by atoms with Crippen molar-refractivity contribution in [2.24, 2.45) is 0 Å². The molecule has 0 saturated carbocycles. The molecule has 0 fully saturated rings. The van der Waals surface area contributed by atoms with Gasteiger partial charge in [0.25, 0.3) is 5.91 Å². The van der Waals surface area contributed by atoms with E-state index < -0.39 is 5.69 Å². The molecular weight excluding hydrogens is 434 g/mol. The fourth-order valence-corrected chi connectivity index (χ4v) is 3.65. The van der Waals surface area contributed by atoms with Crippen molar-refractivity contribution in [3.05, 3.63) is 88.9 Å². The number of imidazole rings is 2. The molecule has 3 N–H and O–H groups in total. The molecule has 0 unspecified atom stereocenters. The van der Waals surface area contributed by atoms with Crippen LogP contribution < -0.4 is 10.6 Å². The number of anilines is 1. The lowest BCUT2D eigenvalue weighted by Crippen LogP contribution is -2.27. The second-order valence-corrected chi connectivity index (χ2v) is 7.55. The number of nitrogens with one attached hydrogen (secondary N) is 2. The Labute approximate surface area is 192 Å². The first kappa shape index (κ1) is 20.7. The van der Waals surface area contributed by atoms with Gasteiger partial charge in [-0.05, 0) is 24.3 Å². The maximum Gasteiger partial charge on any atom is 0.326 e.